The molecular formula is C29H40N4O4. The lowest BCUT2D eigenvalue weighted by Crippen LogP contribution is -2.50. The Morgan fingerprint density at radius 3 is 2.62 bits per heavy atom. The number of aliphatic hydroxyl groups is 1. The van der Waals surface area contributed by atoms with Crippen LogP contribution in [0, 0.1) is 11.8 Å². The molecule has 1 aromatic carbocycles. The molecule has 2 aromatic rings. The Kier molecular flexibility index (Phi) is 9.16. The molecule has 1 fully saturated rings. The van der Waals surface area contributed by atoms with E-state index in [2.05, 4.69) is 29.2 Å². The Labute approximate surface area is 220 Å². The van der Waals surface area contributed by atoms with E-state index in [1.165, 1.54) is 32.1 Å². The van der Waals surface area contributed by atoms with Gasteiger partial charge in [-0.15, -0.1) is 0 Å². The van der Waals surface area contributed by atoms with Gasteiger partial charge in [-0.2, -0.15) is 0 Å². The maximum atomic E-state index is 13.6. The first kappa shape index (κ1) is 27.1. The number of nitrogens with one attached hydrogen (secondary N) is 1. The van der Waals surface area contributed by atoms with Crippen LogP contribution in [-0.4, -0.2) is 77.1 Å². The van der Waals surface area contributed by atoms with Gasteiger partial charge in [0, 0.05) is 49.2 Å². The van der Waals surface area contributed by atoms with Gasteiger partial charge in [0.1, 0.15) is 11.9 Å². The Hall–Kier alpha value is -2.97. The molecule has 2 amide bonds. The van der Waals surface area contributed by atoms with Gasteiger partial charge in [-0.25, -0.2) is 0 Å². The summed E-state index contributed by atoms with van der Waals surface area (Å²) in [5.41, 5.74) is 1.38. The molecule has 0 radical (unpaired) electrons. The van der Waals surface area contributed by atoms with E-state index >= 15 is 0 Å². The fourth-order valence-electron chi connectivity index (χ4n) is 5.42. The van der Waals surface area contributed by atoms with Crippen LogP contribution in [0.3, 0.4) is 0 Å². The van der Waals surface area contributed by atoms with Crippen LogP contribution in [0.1, 0.15) is 66.7 Å². The van der Waals surface area contributed by atoms with Crippen molar-refractivity contribution >= 4 is 17.5 Å². The zero-order valence-electron chi connectivity index (χ0n) is 22.2. The summed E-state index contributed by atoms with van der Waals surface area (Å²) in [5, 5.41) is 12.8. The van der Waals surface area contributed by atoms with Crippen LogP contribution >= 0.6 is 0 Å². The maximum absolute atomic E-state index is 13.6. The SMILES string of the molecule is C[C@H](CO)N1C[C@H](C)[C@@H](CN(C)CC2CCCCC2)Oc2ccc(NC(=O)c3ccncc3)cc2C1=O. The van der Waals surface area contributed by atoms with Gasteiger partial charge in [-0.1, -0.05) is 26.2 Å². The minimum Gasteiger partial charge on any atom is -0.488 e. The van der Waals surface area contributed by atoms with Crippen molar-refractivity contribution in [3.8, 4) is 5.75 Å². The third-order valence-electron chi connectivity index (χ3n) is 7.65. The number of anilines is 1. The van der Waals surface area contributed by atoms with Crippen LogP contribution in [0.5, 0.6) is 5.75 Å². The van der Waals surface area contributed by atoms with E-state index in [-0.39, 0.29) is 36.5 Å². The summed E-state index contributed by atoms with van der Waals surface area (Å²) in [7, 11) is 2.15. The third-order valence-corrected chi connectivity index (χ3v) is 7.65. The molecule has 3 atom stereocenters. The molecule has 1 aliphatic heterocycles. The summed E-state index contributed by atoms with van der Waals surface area (Å²) in [6.45, 7) is 6.13. The summed E-state index contributed by atoms with van der Waals surface area (Å²) >= 11 is 0. The highest BCUT2D eigenvalue weighted by Crippen LogP contribution is 2.31. The number of rotatable bonds is 8. The van der Waals surface area contributed by atoms with Gasteiger partial charge in [-0.05, 0) is 63.1 Å². The molecule has 2 aliphatic rings. The Bertz CT molecular complexity index is 1060. The van der Waals surface area contributed by atoms with E-state index in [9.17, 15) is 14.7 Å². The number of aliphatic hydroxyl groups excluding tert-OH is 1. The molecular weight excluding hydrogens is 468 g/mol. The molecule has 1 aliphatic carbocycles. The number of likely N-dealkylation sites (N-methyl/N-ethyl adjacent to an activating group) is 1. The smallest absolute Gasteiger partial charge is 0.258 e. The first-order chi connectivity index (χ1) is 17.9. The van der Waals surface area contributed by atoms with Crippen molar-refractivity contribution in [1.82, 2.24) is 14.8 Å². The van der Waals surface area contributed by atoms with E-state index < -0.39 is 0 Å². The average molecular weight is 509 g/mol. The molecule has 0 bridgehead atoms. The number of hydrogen-bond acceptors (Lipinski definition) is 6. The standard InChI is InChI=1S/C29H40N4O4/c1-20-16-33(21(2)19-34)29(36)25-15-24(31-28(35)23-11-13-30-14-12-23)9-10-26(25)37-27(20)18-32(3)17-22-7-5-4-6-8-22/h9-15,20-22,27,34H,4-8,16-19H2,1-3H3,(H,31,35)/t20-,21+,27+/m0/s1. The van der Waals surface area contributed by atoms with Crippen LogP contribution in [0.4, 0.5) is 5.69 Å². The summed E-state index contributed by atoms with van der Waals surface area (Å²) in [5.74, 6) is 0.819. The van der Waals surface area contributed by atoms with E-state index in [1.54, 1.807) is 47.6 Å². The summed E-state index contributed by atoms with van der Waals surface area (Å²) < 4.78 is 6.51. The number of nitrogens with zero attached hydrogens (tertiary/aromatic N) is 3. The van der Waals surface area contributed by atoms with E-state index in [1.807, 2.05) is 6.92 Å². The molecule has 4 rings (SSSR count). The van der Waals surface area contributed by atoms with Crippen LogP contribution in [0.15, 0.2) is 42.7 Å². The van der Waals surface area contributed by atoms with Crippen molar-refractivity contribution in [1.29, 1.82) is 0 Å². The fourth-order valence-corrected chi connectivity index (χ4v) is 5.42. The minimum atomic E-state index is -0.336. The number of carbonyl (C=O) groups is 2. The first-order valence-corrected chi connectivity index (χ1v) is 13.5. The average Bonchev–Trinajstić information content (AvgIpc) is 2.91. The van der Waals surface area contributed by atoms with Crippen molar-refractivity contribution in [2.45, 2.75) is 58.1 Å². The molecule has 37 heavy (non-hydrogen) atoms. The Balaban J connectivity index is 1.57. The van der Waals surface area contributed by atoms with Crippen molar-refractivity contribution < 1.29 is 19.4 Å². The van der Waals surface area contributed by atoms with Gasteiger partial charge in [0.2, 0.25) is 0 Å². The number of ether oxygens (including phenoxy) is 1. The molecule has 0 unspecified atom stereocenters. The lowest BCUT2D eigenvalue weighted by Gasteiger charge is -2.38. The van der Waals surface area contributed by atoms with Crippen LogP contribution < -0.4 is 10.1 Å². The van der Waals surface area contributed by atoms with Gasteiger partial charge in [0.25, 0.3) is 11.8 Å². The molecule has 2 N–H and O–H groups in total. The largest absolute Gasteiger partial charge is 0.488 e. The predicted octanol–water partition coefficient (Wildman–Crippen LogP) is 4.07. The van der Waals surface area contributed by atoms with Gasteiger partial charge >= 0.3 is 0 Å². The summed E-state index contributed by atoms with van der Waals surface area (Å²) in [6.07, 6.45) is 9.57. The summed E-state index contributed by atoms with van der Waals surface area (Å²) in [6, 6.07) is 8.14. The molecule has 0 saturated heterocycles. The van der Waals surface area contributed by atoms with Gasteiger partial charge < -0.3 is 25.0 Å². The lowest BCUT2D eigenvalue weighted by molar-refractivity contribution is 0.0330. The zero-order chi connectivity index (χ0) is 26.4. The highest BCUT2D eigenvalue weighted by atomic mass is 16.5. The zero-order valence-corrected chi connectivity index (χ0v) is 22.2. The lowest BCUT2D eigenvalue weighted by atomic mass is 9.89. The first-order valence-electron chi connectivity index (χ1n) is 13.5. The molecule has 0 spiro atoms. The summed E-state index contributed by atoms with van der Waals surface area (Å²) in [4.78, 5) is 34.4. The number of carbonyl (C=O) groups excluding carboxylic acids is 2. The van der Waals surface area contributed by atoms with E-state index in [4.69, 9.17) is 4.74 Å². The molecule has 200 valence electrons. The van der Waals surface area contributed by atoms with Gasteiger partial charge in [-0.3, -0.25) is 14.6 Å². The number of benzene rings is 1. The Morgan fingerprint density at radius 1 is 1.19 bits per heavy atom. The van der Waals surface area contributed by atoms with Crippen LogP contribution in [-0.2, 0) is 0 Å². The number of pyridine rings is 1. The second kappa shape index (κ2) is 12.5. The number of amides is 2. The van der Waals surface area contributed by atoms with E-state index in [0.29, 0.717) is 29.1 Å². The second-order valence-electron chi connectivity index (χ2n) is 10.7. The van der Waals surface area contributed by atoms with Crippen molar-refractivity contribution in [3.05, 3.63) is 53.9 Å². The van der Waals surface area contributed by atoms with Crippen molar-refractivity contribution in [2.24, 2.45) is 11.8 Å². The second-order valence-corrected chi connectivity index (χ2v) is 10.7. The van der Waals surface area contributed by atoms with Crippen LogP contribution in [0.2, 0.25) is 0 Å². The molecule has 8 nitrogen and oxygen atoms in total. The molecule has 8 heteroatoms. The quantitative estimate of drug-likeness (QED) is 0.558. The van der Waals surface area contributed by atoms with Crippen molar-refractivity contribution in [3.63, 3.8) is 0 Å². The highest BCUT2D eigenvalue weighted by molar-refractivity contribution is 6.05. The normalized spacial score (nSPS) is 21.5. The van der Waals surface area contributed by atoms with Crippen molar-refractivity contribution in [2.75, 3.05) is 38.6 Å². The number of hydrogen-bond donors (Lipinski definition) is 2. The topological polar surface area (TPSA) is 95.0 Å². The molecule has 1 aromatic heterocycles. The monoisotopic (exact) mass is 508 g/mol. The molecule has 2 heterocycles. The minimum absolute atomic E-state index is 0.0750. The highest BCUT2D eigenvalue weighted by Gasteiger charge is 2.34. The van der Waals surface area contributed by atoms with Crippen LogP contribution in [0.25, 0.3) is 0 Å². The van der Waals surface area contributed by atoms with Gasteiger partial charge in [0.05, 0.1) is 18.2 Å². The molecule has 1 saturated carbocycles. The maximum Gasteiger partial charge on any atom is 0.258 e. The van der Waals surface area contributed by atoms with E-state index in [0.717, 1.165) is 19.0 Å². The fraction of sp³-hybridized carbons (Fsp3) is 0.552. The predicted molar refractivity (Wildman–Crippen MR) is 144 cm³/mol. The van der Waals surface area contributed by atoms with Gasteiger partial charge in [0.15, 0.2) is 0 Å². The number of aromatic nitrogens is 1. The number of fused-ring (bicyclic) bond motifs is 1. The third kappa shape index (κ3) is 6.87. The Morgan fingerprint density at radius 2 is 1.92 bits per heavy atom.